The summed E-state index contributed by atoms with van der Waals surface area (Å²) in [6.45, 7) is 6.84. The van der Waals surface area contributed by atoms with Crippen molar-refractivity contribution in [1.82, 2.24) is 44.0 Å². The van der Waals surface area contributed by atoms with Crippen molar-refractivity contribution in [3.8, 4) is 22.9 Å². The Kier molecular flexibility index (Phi) is 6.85. The molecule has 0 bridgehead atoms. The van der Waals surface area contributed by atoms with Gasteiger partial charge in [-0.1, -0.05) is 0 Å². The maximum atomic E-state index is 12.2. The van der Waals surface area contributed by atoms with Crippen LogP contribution >= 0.6 is 0 Å². The minimum Gasteiger partial charge on any atom is -0.444 e. The van der Waals surface area contributed by atoms with Crippen molar-refractivity contribution >= 4 is 18.0 Å². The van der Waals surface area contributed by atoms with E-state index in [1.54, 1.807) is 63.9 Å². The number of rotatable bonds is 7. The fraction of sp³-hybridized carbons (Fsp3) is 0.409. The van der Waals surface area contributed by atoms with E-state index in [2.05, 4.69) is 30.0 Å². The Balaban J connectivity index is 1.44. The Morgan fingerprint density at radius 3 is 2.72 bits per heavy atom. The van der Waals surface area contributed by atoms with E-state index in [-0.39, 0.29) is 19.9 Å². The average molecular weight is 498 g/mol. The number of aromatic amines is 1. The Morgan fingerprint density at radius 2 is 2.00 bits per heavy atom. The van der Waals surface area contributed by atoms with Gasteiger partial charge in [0, 0.05) is 19.4 Å². The molecule has 0 unspecified atom stereocenters. The molecule has 0 aliphatic rings. The van der Waals surface area contributed by atoms with Gasteiger partial charge in [-0.25, -0.2) is 34.2 Å². The van der Waals surface area contributed by atoms with Gasteiger partial charge in [-0.2, -0.15) is 5.10 Å². The summed E-state index contributed by atoms with van der Waals surface area (Å²) in [5.74, 6) is 1.29. The van der Waals surface area contributed by atoms with Crippen LogP contribution in [0.5, 0.6) is 0 Å². The number of hydrogen-bond acceptors (Lipinski definition) is 10. The Labute approximate surface area is 206 Å². The van der Waals surface area contributed by atoms with Crippen LogP contribution in [-0.2, 0) is 20.9 Å². The molecule has 0 atom stereocenters. The van der Waals surface area contributed by atoms with Crippen LogP contribution < -0.4 is 0 Å². The molecule has 36 heavy (non-hydrogen) atoms. The van der Waals surface area contributed by atoms with Gasteiger partial charge in [0.15, 0.2) is 12.6 Å². The number of aromatic nitrogens is 8. The minimum atomic E-state index is -0.919. The summed E-state index contributed by atoms with van der Waals surface area (Å²) in [7, 11) is 1.55. The van der Waals surface area contributed by atoms with Crippen LogP contribution in [0.4, 0.5) is 9.59 Å². The first-order valence-electron chi connectivity index (χ1n) is 11.1. The molecular formula is C22H27N9O5. The zero-order chi connectivity index (χ0) is 25.9. The van der Waals surface area contributed by atoms with Gasteiger partial charge < -0.3 is 24.1 Å². The first-order valence-corrected chi connectivity index (χ1v) is 11.1. The molecule has 14 heteroatoms. The van der Waals surface area contributed by atoms with Crippen LogP contribution in [0, 0.1) is 6.92 Å². The summed E-state index contributed by atoms with van der Waals surface area (Å²) < 4.78 is 18.8. The van der Waals surface area contributed by atoms with Gasteiger partial charge >= 0.3 is 12.2 Å². The summed E-state index contributed by atoms with van der Waals surface area (Å²) in [5.41, 5.74) is 1.24. The maximum absolute atomic E-state index is 12.2. The zero-order valence-corrected chi connectivity index (χ0v) is 20.6. The zero-order valence-electron chi connectivity index (χ0n) is 20.6. The van der Waals surface area contributed by atoms with Crippen LogP contribution in [0.15, 0.2) is 31.0 Å². The third-order valence-corrected chi connectivity index (χ3v) is 4.80. The fourth-order valence-corrected chi connectivity index (χ4v) is 3.26. The molecule has 0 spiro atoms. The predicted molar refractivity (Wildman–Crippen MR) is 126 cm³/mol. The highest BCUT2D eigenvalue weighted by atomic mass is 16.7. The Bertz CT molecular complexity index is 1350. The van der Waals surface area contributed by atoms with E-state index < -0.39 is 17.8 Å². The number of amides is 1. The molecule has 14 nitrogen and oxygen atoms in total. The van der Waals surface area contributed by atoms with Gasteiger partial charge in [-0.15, -0.1) is 0 Å². The molecule has 0 aliphatic heterocycles. The van der Waals surface area contributed by atoms with Gasteiger partial charge in [0.2, 0.25) is 5.78 Å². The average Bonchev–Trinajstić information content (AvgIpc) is 3.54. The third kappa shape index (κ3) is 5.59. The lowest BCUT2D eigenvalue weighted by atomic mass is 10.2. The molecule has 1 N–H and O–H groups in total. The number of hydrogen-bond donors (Lipinski definition) is 1. The molecule has 0 aliphatic carbocycles. The third-order valence-electron chi connectivity index (χ3n) is 4.80. The monoisotopic (exact) mass is 497 g/mol. The first-order chi connectivity index (χ1) is 17.1. The number of carbonyl (C=O) groups excluding carboxylic acids is 2. The molecule has 0 fully saturated rings. The topological polar surface area (TPSA) is 155 Å². The van der Waals surface area contributed by atoms with Crippen molar-refractivity contribution in [3.05, 3.63) is 36.8 Å². The minimum absolute atomic E-state index is 0.0695. The highest BCUT2D eigenvalue weighted by Gasteiger charge is 2.23. The van der Waals surface area contributed by atoms with Crippen molar-refractivity contribution in [2.75, 3.05) is 20.2 Å². The maximum Gasteiger partial charge on any atom is 0.510 e. The van der Waals surface area contributed by atoms with E-state index in [9.17, 15) is 9.59 Å². The molecule has 4 aromatic rings. The summed E-state index contributed by atoms with van der Waals surface area (Å²) in [6, 6.07) is 1.79. The van der Waals surface area contributed by atoms with Gasteiger partial charge in [0.25, 0.3) is 0 Å². The normalized spacial score (nSPS) is 11.5. The molecular weight excluding hydrogens is 470 g/mol. The number of nitrogens with zero attached hydrogens (tertiary/aromatic N) is 8. The lowest BCUT2D eigenvalue weighted by molar-refractivity contribution is 0.0129. The highest BCUT2D eigenvalue weighted by molar-refractivity contribution is 5.76. The quantitative estimate of drug-likeness (QED) is 0.377. The van der Waals surface area contributed by atoms with Crippen molar-refractivity contribution < 1.29 is 23.8 Å². The molecule has 0 aromatic carbocycles. The van der Waals surface area contributed by atoms with Crippen molar-refractivity contribution in [2.24, 2.45) is 0 Å². The molecule has 4 aromatic heterocycles. The molecule has 0 radical (unpaired) electrons. The van der Waals surface area contributed by atoms with Crippen molar-refractivity contribution in [3.63, 3.8) is 0 Å². The van der Waals surface area contributed by atoms with E-state index in [1.165, 1.54) is 9.58 Å². The van der Waals surface area contributed by atoms with E-state index in [1.807, 2.05) is 6.20 Å². The standard InChI is InChI=1S/C22H27N9O5/c1-14-26-18(16-17(15-11-23-12-25-15)30-8-6-7-24-19(30)27-16)31(28-14)13-35-21(33)34-10-9-29(5)20(32)36-22(2,3)4/h6-8,11-12H,9-10,13H2,1-5H3,(H,23,25). The van der Waals surface area contributed by atoms with Crippen LogP contribution in [0.2, 0.25) is 0 Å². The fourth-order valence-electron chi connectivity index (χ4n) is 3.26. The van der Waals surface area contributed by atoms with Gasteiger partial charge in [0.05, 0.1) is 24.8 Å². The summed E-state index contributed by atoms with van der Waals surface area (Å²) >= 11 is 0. The van der Waals surface area contributed by atoms with Crippen LogP contribution in [-0.4, -0.2) is 82.0 Å². The van der Waals surface area contributed by atoms with Gasteiger partial charge in [0.1, 0.15) is 29.4 Å². The molecule has 0 saturated carbocycles. The van der Waals surface area contributed by atoms with E-state index >= 15 is 0 Å². The Hall–Kier alpha value is -4.49. The SMILES string of the molecule is Cc1nc(-c2nc3ncccn3c2-c2cnc[nH]2)n(COC(=O)OCCN(C)C(=O)OC(C)(C)C)n1. The number of H-pyrrole nitrogens is 1. The van der Waals surface area contributed by atoms with Crippen LogP contribution in [0.3, 0.4) is 0 Å². The molecule has 190 valence electrons. The number of imidazole rings is 2. The molecule has 0 saturated heterocycles. The smallest absolute Gasteiger partial charge is 0.444 e. The van der Waals surface area contributed by atoms with E-state index in [0.29, 0.717) is 34.5 Å². The summed E-state index contributed by atoms with van der Waals surface area (Å²) in [5, 5.41) is 4.33. The lowest BCUT2D eigenvalue weighted by Crippen LogP contribution is -2.36. The second-order valence-electron chi connectivity index (χ2n) is 8.82. The van der Waals surface area contributed by atoms with Crippen LogP contribution in [0.1, 0.15) is 26.6 Å². The largest absolute Gasteiger partial charge is 0.510 e. The molecule has 4 rings (SSSR count). The summed E-state index contributed by atoms with van der Waals surface area (Å²) in [6.07, 6.45) is 5.25. The van der Waals surface area contributed by atoms with Crippen molar-refractivity contribution in [2.45, 2.75) is 40.0 Å². The second-order valence-corrected chi connectivity index (χ2v) is 8.82. The number of aryl methyl sites for hydroxylation is 1. The van der Waals surface area contributed by atoms with E-state index in [0.717, 1.165) is 0 Å². The van der Waals surface area contributed by atoms with Crippen LogP contribution in [0.25, 0.3) is 28.7 Å². The number of fused-ring (bicyclic) bond motifs is 1. The Morgan fingerprint density at radius 1 is 1.19 bits per heavy atom. The van der Waals surface area contributed by atoms with Gasteiger partial charge in [-0.3, -0.25) is 4.40 Å². The highest BCUT2D eigenvalue weighted by Crippen LogP contribution is 2.30. The van der Waals surface area contributed by atoms with E-state index in [4.69, 9.17) is 14.2 Å². The molecule has 4 heterocycles. The number of nitrogens with one attached hydrogen (secondary N) is 1. The first kappa shape index (κ1) is 24.6. The summed E-state index contributed by atoms with van der Waals surface area (Å²) in [4.78, 5) is 46.0. The van der Waals surface area contributed by atoms with Crippen molar-refractivity contribution in [1.29, 1.82) is 0 Å². The number of carbonyl (C=O) groups is 2. The molecule has 1 amide bonds. The number of ether oxygens (including phenoxy) is 3. The second kappa shape index (κ2) is 10.0. The van der Waals surface area contributed by atoms with Gasteiger partial charge in [-0.05, 0) is 33.8 Å². The lowest BCUT2D eigenvalue weighted by Gasteiger charge is -2.24. The number of likely N-dealkylation sites (N-methyl/N-ethyl adjacent to an activating group) is 1. The predicted octanol–water partition coefficient (Wildman–Crippen LogP) is 2.66.